The molecule has 0 spiro atoms. The van der Waals surface area contributed by atoms with Crippen molar-refractivity contribution in [2.75, 3.05) is 118 Å². The minimum atomic E-state index is -3.68. The molecule has 1 rings (SSSR count). The van der Waals surface area contributed by atoms with Crippen LogP contribution < -0.4 is 0 Å². The molecule has 0 bridgehead atoms. The van der Waals surface area contributed by atoms with Gasteiger partial charge in [0.1, 0.15) is 12.6 Å². The zero-order valence-corrected chi connectivity index (χ0v) is 36.9. The Morgan fingerprint density at radius 1 is 0.446 bits per heavy atom. The van der Waals surface area contributed by atoms with Crippen LogP contribution in [0.5, 0.6) is 0 Å². The molecule has 0 unspecified atom stereocenters. The molecule has 0 aromatic carbocycles. The maximum Gasteiger partial charge on any atom is 0.344 e. The third-order valence-corrected chi connectivity index (χ3v) is 12.7. The fourth-order valence-corrected chi connectivity index (χ4v) is 10.3. The first-order valence-corrected chi connectivity index (χ1v) is 23.5. The van der Waals surface area contributed by atoms with Crippen LogP contribution in [0.15, 0.2) is 0 Å². The molecule has 18 nitrogen and oxygen atoms in total. The van der Waals surface area contributed by atoms with Crippen LogP contribution >= 0.6 is 15.2 Å². The SMILES string of the molecule is CCOC(=O)CN(CCN(CP(=O)(OCC)OCC)[C@H]1CCCC[C@@H]1N(CCN(CC(=O)OCC)CC(=O)OCC)CP(=O)(OCC)OCC)CC(=O)OCC. The van der Waals surface area contributed by atoms with Crippen LogP contribution in [0.2, 0.25) is 0 Å². The van der Waals surface area contributed by atoms with Crippen molar-refractivity contribution in [3.8, 4) is 0 Å². The van der Waals surface area contributed by atoms with Gasteiger partial charge in [-0.3, -0.25) is 47.9 Å². The van der Waals surface area contributed by atoms with Gasteiger partial charge in [0.25, 0.3) is 0 Å². The van der Waals surface area contributed by atoms with Crippen LogP contribution in [0.4, 0.5) is 0 Å². The Bertz CT molecular complexity index is 1100. The van der Waals surface area contributed by atoms with Crippen LogP contribution in [-0.4, -0.2) is 173 Å². The molecule has 56 heavy (non-hydrogen) atoms. The fourth-order valence-electron chi connectivity index (χ4n) is 6.62. The minimum Gasteiger partial charge on any atom is -0.465 e. The van der Waals surface area contributed by atoms with Crippen molar-refractivity contribution >= 4 is 39.1 Å². The van der Waals surface area contributed by atoms with E-state index in [9.17, 15) is 28.3 Å². The second-order valence-corrected chi connectivity index (χ2v) is 16.9. The van der Waals surface area contributed by atoms with Crippen molar-refractivity contribution in [1.29, 1.82) is 0 Å². The van der Waals surface area contributed by atoms with E-state index in [2.05, 4.69) is 0 Å². The number of ether oxygens (including phenoxy) is 4. The van der Waals surface area contributed by atoms with Gasteiger partial charge in [-0.1, -0.05) is 12.8 Å². The van der Waals surface area contributed by atoms with E-state index < -0.39 is 39.1 Å². The van der Waals surface area contributed by atoms with Gasteiger partial charge in [-0.2, -0.15) is 0 Å². The van der Waals surface area contributed by atoms with Gasteiger partial charge in [0.15, 0.2) is 0 Å². The molecule has 0 saturated heterocycles. The van der Waals surface area contributed by atoms with Gasteiger partial charge in [-0.05, 0) is 68.2 Å². The van der Waals surface area contributed by atoms with Crippen LogP contribution in [0.1, 0.15) is 81.1 Å². The van der Waals surface area contributed by atoms with E-state index >= 15 is 0 Å². The fraction of sp³-hybridized carbons (Fsp3) is 0.889. The Hall–Kier alpha value is -1.98. The maximum absolute atomic E-state index is 14.2. The molecule has 1 aliphatic carbocycles. The Labute approximate surface area is 334 Å². The summed E-state index contributed by atoms with van der Waals surface area (Å²) in [6.07, 6.45) is 2.78. The van der Waals surface area contributed by atoms with Crippen LogP contribution in [0, 0.1) is 0 Å². The van der Waals surface area contributed by atoms with E-state index in [0.717, 1.165) is 12.8 Å². The number of hydrogen-bond acceptors (Lipinski definition) is 18. The lowest BCUT2D eigenvalue weighted by Crippen LogP contribution is -2.56. The lowest BCUT2D eigenvalue weighted by atomic mass is 9.88. The highest BCUT2D eigenvalue weighted by Gasteiger charge is 2.41. The number of rotatable bonds is 32. The largest absolute Gasteiger partial charge is 0.465 e. The lowest BCUT2D eigenvalue weighted by Gasteiger charge is -2.46. The van der Waals surface area contributed by atoms with Crippen LogP contribution in [0.25, 0.3) is 0 Å². The highest BCUT2D eigenvalue weighted by molar-refractivity contribution is 7.54. The van der Waals surface area contributed by atoms with E-state index in [1.54, 1.807) is 65.2 Å². The van der Waals surface area contributed by atoms with Crippen molar-refractivity contribution < 1.29 is 65.4 Å². The summed E-state index contributed by atoms with van der Waals surface area (Å²) in [7, 11) is -7.37. The van der Waals surface area contributed by atoms with Gasteiger partial charge in [-0.15, -0.1) is 0 Å². The third kappa shape index (κ3) is 20.6. The van der Waals surface area contributed by atoms with Crippen molar-refractivity contribution in [1.82, 2.24) is 19.6 Å². The molecule has 0 radical (unpaired) electrons. The summed E-state index contributed by atoms with van der Waals surface area (Å²) in [4.78, 5) is 57.8. The molecule has 328 valence electrons. The number of carbonyl (C=O) groups excluding carboxylic acids is 4. The van der Waals surface area contributed by atoms with Crippen molar-refractivity contribution in [2.24, 2.45) is 0 Å². The smallest absolute Gasteiger partial charge is 0.344 e. The van der Waals surface area contributed by atoms with Gasteiger partial charge in [0.05, 0.1) is 79.0 Å². The number of carbonyl (C=O) groups is 4. The van der Waals surface area contributed by atoms with E-state index in [-0.39, 0.29) is 130 Å². The molecule has 0 aromatic rings. The molecule has 0 heterocycles. The second-order valence-electron chi connectivity index (χ2n) is 12.9. The summed E-state index contributed by atoms with van der Waals surface area (Å²) in [5.74, 6) is -2.01. The molecule has 2 atom stereocenters. The van der Waals surface area contributed by atoms with E-state index in [1.165, 1.54) is 0 Å². The average molecular weight is 845 g/mol. The zero-order valence-electron chi connectivity index (χ0n) is 35.1. The van der Waals surface area contributed by atoms with E-state index in [1.807, 2.05) is 9.80 Å². The Morgan fingerprint density at radius 2 is 0.714 bits per heavy atom. The number of nitrogens with zero attached hydrogens (tertiary/aromatic N) is 4. The van der Waals surface area contributed by atoms with Gasteiger partial charge in [0, 0.05) is 38.3 Å². The lowest BCUT2D eigenvalue weighted by molar-refractivity contribution is -0.150. The Kier molecular flexibility index (Phi) is 27.2. The average Bonchev–Trinajstić information content (AvgIpc) is 3.12. The van der Waals surface area contributed by atoms with Gasteiger partial charge >= 0.3 is 39.1 Å². The van der Waals surface area contributed by atoms with Crippen molar-refractivity contribution in [2.45, 2.75) is 93.2 Å². The Morgan fingerprint density at radius 3 is 0.946 bits per heavy atom. The standard InChI is InChI=1S/C36H70N4O14P2/c1-9-47-33(41)25-37(26-34(42)48-10-2)21-23-39(29-55(45,51-13-5)52-14-6)31-19-17-18-20-32(31)40(30-56(46,53-15-7)54-16-8)24-22-38(27-35(43)49-11-3)28-36(44)50-12-4/h31-32H,9-30H2,1-8H3/t31-,32-/m0/s1. The van der Waals surface area contributed by atoms with Gasteiger partial charge < -0.3 is 37.0 Å². The summed E-state index contributed by atoms with van der Waals surface area (Å²) in [5, 5.41) is 0. The first kappa shape index (κ1) is 52.0. The first-order valence-electron chi connectivity index (χ1n) is 20.1. The molecule has 0 N–H and O–H groups in total. The summed E-state index contributed by atoms with van der Waals surface area (Å²) in [6, 6.07) is -0.629. The first-order chi connectivity index (χ1) is 26.8. The highest BCUT2D eigenvalue weighted by atomic mass is 31.2. The van der Waals surface area contributed by atoms with Crippen molar-refractivity contribution in [3.63, 3.8) is 0 Å². The summed E-state index contributed by atoms with van der Waals surface area (Å²) in [6.45, 7) is 15.2. The number of esters is 4. The predicted octanol–water partition coefficient (Wildman–Crippen LogP) is 4.21. The van der Waals surface area contributed by atoms with Gasteiger partial charge in [0.2, 0.25) is 0 Å². The quantitative estimate of drug-likeness (QED) is 0.0532. The molecule has 0 aromatic heterocycles. The topological polar surface area (TPSA) is 189 Å². The summed E-state index contributed by atoms with van der Waals surface area (Å²) < 4.78 is 72.2. The molecule has 0 aliphatic heterocycles. The Balaban J connectivity index is 3.74. The highest BCUT2D eigenvalue weighted by Crippen LogP contribution is 2.51. The van der Waals surface area contributed by atoms with E-state index in [4.69, 9.17) is 37.0 Å². The maximum atomic E-state index is 14.2. The predicted molar refractivity (Wildman–Crippen MR) is 210 cm³/mol. The molecular weight excluding hydrogens is 774 g/mol. The molecular formula is C36H70N4O14P2. The number of hydrogen-bond donors (Lipinski definition) is 0. The van der Waals surface area contributed by atoms with Crippen LogP contribution in [-0.2, 0) is 65.4 Å². The minimum absolute atomic E-state index is 0.0945. The van der Waals surface area contributed by atoms with Crippen molar-refractivity contribution in [3.05, 3.63) is 0 Å². The molecule has 1 saturated carbocycles. The third-order valence-electron chi connectivity index (χ3n) is 8.68. The molecule has 20 heteroatoms. The summed E-state index contributed by atoms with van der Waals surface area (Å²) in [5.41, 5.74) is 0. The van der Waals surface area contributed by atoms with Crippen LogP contribution in [0.3, 0.4) is 0 Å². The molecule has 0 amide bonds. The second kappa shape index (κ2) is 29.3. The summed E-state index contributed by atoms with van der Waals surface area (Å²) >= 11 is 0. The van der Waals surface area contributed by atoms with Gasteiger partial charge in [-0.25, -0.2) is 0 Å². The monoisotopic (exact) mass is 844 g/mol. The zero-order chi connectivity index (χ0) is 42.0. The molecule has 1 fully saturated rings. The molecule has 1 aliphatic rings. The van der Waals surface area contributed by atoms with E-state index in [0.29, 0.717) is 12.8 Å². The normalized spacial score (nSPS) is 16.4.